The Balaban J connectivity index is 0.000000422. The molecule has 30 heteroatoms. The summed E-state index contributed by atoms with van der Waals surface area (Å²) in [4.78, 5) is 120. The van der Waals surface area contributed by atoms with Crippen molar-refractivity contribution in [2.75, 3.05) is 35.2 Å². The number of carbonyl (C=O) groups is 7. The van der Waals surface area contributed by atoms with Crippen LogP contribution in [-0.4, -0.2) is 153 Å². The van der Waals surface area contributed by atoms with Crippen LogP contribution in [0.5, 0.6) is 0 Å². The van der Waals surface area contributed by atoms with E-state index in [-0.39, 0.29) is 111 Å². The summed E-state index contributed by atoms with van der Waals surface area (Å²) in [5.74, 6) is 1.47. The molecule has 0 aliphatic heterocycles. The first-order valence-corrected chi connectivity index (χ1v) is 69.5. The number of nitrogens with two attached hydrogens (primary N) is 1. The first kappa shape index (κ1) is 124. The first-order valence-electron chi connectivity index (χ1n) is 47.1. The van der Waals surface area contributed by atoms with Crippen LogP contribution in [0.25, 0.3) is 0 Å². The molecule has 0 aliphatic carbocycles. The Kier molecular flexibility index (Phi) is 61.6. The zero-order valence-corrected chi connectivity index (χ0v) is 96.3. The van der Waals surface area contributed by atoms with Crippen molar-refractivity contribution in [3.8, 4) is 0 Å². The number of benzene rings is 6. The molecule has 21 nitrogen and oxygen atoms in total. The van der Waals surface area contributed by atoms with Crippen molar-refractivity contribution in [2.24, 2.45) is 41.2 Å². The Morgan fingerprint density at radius 2 is 0.696 bits per heavy atom. The third kappa shape index (κ3) is 46.9. The number of amides is 7. The van der Waals surface area contributed by atoms with E-state index in [2.05, 4.69) is 254 Å². The number of aromatic nitrogens is 4. The van der Waals surface area contributed by atoms with Crippen molar-refractivity contribution in [3.05, 3.63) is 280 Å². The Morgan fingerprint density at radius 1 is 0.406 bits per heavy atom. The fourth-order valence-electron chi connectivity index (χ4n) is 16.0. The minimum atomic E-state index is -0.630. The van der Waals surface area contributed by atoms with Gasteiger partial charge >= 0.3 is 74.7 Å². The van der Waals surface area contributed by atoms with Gasteiger partial charge in [0.25, 0.3) is 0 Å². The molecule has 6 N–H and O–H groups in total. The second-order valence-corrected chi connectivity index (χ2v) is 57.0. The summed E-state index contributed by atoms with van der Waals surface area (Å²) in [6.45, 7) is 25.9. The fourth-order valence-corrected chi connectivity index (χ4v) is 19.0. The van der Waals surface area contributed by atoms with Crippen molar-refractivity contribution >= 4 is 161 Å². The van der Waals surface area contributed by atoms with E-state index in [0.717, 1.165) is 99.5 Å². The number of hydrogen-bond donors (Lipinski definition) is 5. The zero-order valence-electron chi connectivity index (χ0n) is 82.2. The average Bonchev–Trinajstić information content (AvgIpc) is 1.32. The summed E-state index contributed by atoms with van der Waals surface area (Å²) in [6, 6.07) is 59.6. The van der Waals surface area contributed by atoms with Gasteiger partial charge in [0.1, 0.15) is 6.61 Å². The number of carbonyl (C=O) groups excluding carboxylic acids is 7. The van der Waals surface area contributed by atoms with Gasteiger partial charge in [0, 0.05) is 143 Å². The minimum absolute atomic E-state index is 0. The molecule has 0 saturated carbocycles. The monoisotopic (exact) mass is 2520 g/mol. The molecule has 0 unspecified atom stereocenters. The number of ether oxygens (including phenoxy) is 1. The van der Waals surface area contributed by atoms with Gasteiger partial charge in [0.15, 0.2) is 17.3 Å². The van der Waals surface area contributed by atoms with Gasteiger partial charge < -0.3 is 51.3 Å². The van der Waals surface area contributed by atoms with E-state index in [1.807, 2.05) is 150 Å². The quantitative estimate of drug-likeness (QED) is 0.0222. The molecule has 138 heavy (non-hydrogen) atoms. The third-order valence-electron chi connectivity index (χ3n) is 23.7. The van der Waals surface area contributed by atoms with Gasteiger partial charge in [0.05, 0.1) is 80.3 Å². The van der Waals surface area contributed by atoms with Crippen LogP contribution in [0.3, 0.4) is 0 Å². The molecule has 0 bridgehead atoms. The molecule has 0 aliphatic rings. The van der Waals surface area contributed by atoms with E-state index in [9.17, 15) is 33.6 Å². The Hall–Kier alpha value is -6.50. The number of nitrogens with zero attached hydrogens (tertiary/aromatic N) is 8. The van der Waals surface area contributed by atoms with Gasteiger partial charge in [-0.1, -0.05) is 280 Å². The van der Waals surface area contributed by atoms with Gasteiger partial charge in [-0.3, -0.25) is 19.4 Å². The molecule has 10 aromatic rings. The predicted octanol–water partition coefficient (Wildman–Crippen LogP) is 23.6. The second-order valence-electron chi connectivity index (χ2n) is 37.1. The summed E-state index contributed by atoms with van der Waals surface area (Å²) in [5.41, 5.74) is 18.1. The summed E-state index contributed by atoms with van der Waals surface area (Å²) >= 11 is 15.8. The number of urea groups is 3. The first-order chi connectivity index (χ1) is 65.2. The van der Waals surface area contributed by atoms with Crippen molar-refractivity contribution in [1.82, 2.24) is 60.8 Å². The summed E-state index contributed by atoms with van der Waals surface area (Å²) in [6.07, 6.45) is 12.3. The molecule has 7 amide bonds. The molecule has 758 valence electrons. The number of Topliss-reactive ketones (excluding diaryl/α,β-unsaturated/α-hetero) is 3. The second kappa shape index (κ2) is 68.7. The molecular weight excluding hydrogens is 2370 g/mol. The summed E-state index contributed by atoms with van der Waals surface area (Å²) < 4.78 is 5.65. The molecule has 4 aromatic heterocycles. The molecule has 0 radical (unpaired) electrons. The number of likely N-dealkylation sites (N-methyl/N-ethyl adjacent to an activating group) is 2. The van der Waals surface area contributed by atoms with E-state index in [1.165, 1.54) is 33.6 Å². The number of hydrogen-bond acceptors (Lipinski definition) is 18. The maximum atomic E-state index is 14.0. The van der Waals surface area contributed by atoms with E-state index >= 15 is 0 Å². The van der Waals surface area contributed by atoms with Crippen LogP contribution in [0, 0.1) is 35.5 Å². The van der Waals surface area contributed by atoms with Crippen molar-refractivity contribution in [2.45, 2.75) is 274 Å². The standard InChI is InChI=1S/C39H51N5O4S2.C34H48N4O2S.C33H46N4O2S.2CH4.I3.I2/c1-27(2)36(42-38(46)43(5)23-32-25-49-37(41-32)28(3)4)35(45)21-31(19-29-13-9-7-10-14-29)17-18-33(20-30-15-11-8-12-16-30)44(6)39(47)48-24-34-22-40-26-50-34;1-24(2)32(37-34(40)38(6)22-30-23-41-33(36-30)25(3)4)31(39)21-28(19-26-13-9-7-10-14-26)17-18-29(35-5)20-27-15-11-8-12-16-27;1-23(2)31(36-33(39)37(5)21-29-22-40-32(35-29)24(3)4)30(38)20-27(18-25-12-8-6-9-13-25)16-17-28(34)19-26-14-10-7-11-15-26;;;1-3-2;1-2/h7-16,22,25-28,31,33,36H,17-21,23-24H2,1-6H3,(H,42,46);7-16,23-25,28-29,32,35H,17-22H2,1-6H3,(H,37,40);6-15,22-24,27-28,31H,16-21,34H2,1-5H3,(H,36,39);2*1H4;;/q;;;;;-1;/t31-,33-,36+;28-,29-,32+;27-,28-,31+;;;;/m111..../s1. The van der Waals surface area contributed by atoms with Crippen LogP contribution in [0.2, 0.25) is 0 Å². The van der Waals surface area contributed by atoms with Crippen molar-refractivity contribution in [1.29, 1.82) is 0 Å². The number of ketones is 3. The van der Waals surface area contributed by atoms with Crippen LogP contribution in [0.1, 0.15) is 244 Å². The number of thiazole rings is 4. The van der Waals surface area contributed by atoms with Crippen LogP contribution in [0.4, 0.5) is 19.2 Å². The van der Waals surface area contributed by atoms with Gasteiger partial charge in [-0.2, -0.15) is 0 Å². The van der Waals surface area contributed by atoms with E-state index in [4.69, 9.17) is 10.5 Å². The van der Waals surface area contributed by atoms with Crippen LogP contribution in [0.15, 0.2) is 210 Å². The molecule has 0 spiro atoms. The molecular formula is C108H153I5N13O8S4-. The molecule has 10 rings (SSSR count). The van der Waals surface area contributed by atoms with Gasteiger partial charge in [0.2, 0.25) is 0 Å². The van der Waals surface area contributed by atoms with Crippen LogP contribution >= 0.6 is 120 Å². The van der Waals surface area contributed by atoms with Gasteiger partial charge in [-0.15, -0.1) is 45.3 Å². The summed E-state index contributed by atoms with van der Waals surface area (Å²) in [7, 11) is 9.04. The predicted molar refractivity (Wildman–Crippen MR) is 607 cm³/mol. The van der Waals surface area contributed by atoms with Gasteiger partial charge in [-0.05, 0) is 153 Å². The normalized spacial score (nSPS) is 13.0. The number of halogens is 5. The zero-order chi connectivity index (χ0) is 99.6. The van der Waals surface area contributed by atoms with Crippen molar-refractivity contribution < 1.29 is 51.6 Å². The van der Waals surface area contributed by atoms with E-state index < -0.39 is 18.1 Å². The van der Waals surface area contributed by atoms with Crippen LogP contribution < -0.4 is 40.3 Å². The molecule has 4 heterocycles. The van der Waals surface area contributed by atoms with Crippen molar-refractivity contribution in [3.63, 3.8) is 0 Å². The average molecular weight is 2520 g/mol. The topological polar surface area (TPSA) is 267 Å². The Morgan fingerprint density at radius 3 is 0.978 bits per heavy atom. The molecule has 6 aromatic carbocycles. The van der Waals surface area contributed by atoms with E-state index in [0.29, 0.717) is 102 Å². The Labute approximate surface area is 895 Å². The SMILES string of the molecule is C.C.CC(C)c1nc(CN(C)C(=O)N[C@H](C(=O)C[C@H](CC[C@@H](N)Cc2ccccc2)Cc2ccccc2)C(C)C)cs1.CC(C)c1nc(CN(C)C(=O)N[C@H](C(=O)C[C@H](CC[C@H](Cc2ccccc2)N(C)C(=O)OCc2cncs2)Cc2ccccc2)C(C)C)cs1.CN[C@H](CC[C@@H](CC(=O)[C@@H](NC(=O)N(C)Cc1csc(C(C)C)n1)C(C)C)Cc1ccccc1)Cc1ccccc1.II.I[I-]I. The fraction of sp³-hybridized carbons (Fsp3) is 0.491. The number of nitrogens with one attached hydrogen (secondary N) is 4. The maximum absolute atomic E-state index is 14.0. The van der Waals surface area contributed by atoms with E-state index in [1.54, 1.807) is 93.5 Å². The van der Waals surface area contributed by atoms with Gasteiger partial charge in [-0.25, -0.2) is 34.1 Å². The molecule has 0 saturated heterocycles. The Bertz CT molecular complexity index is 5010. The summed E-state index contributed by atoms with van der Waals surface area (Å²) in [5, 5.41) is 21.7. The third-order valence-corrected chi connectivity index (χ3v) is 28.0. The van der Waals surface area contributed by atoms with Crippen LogP contribution in [-0.2, 0) is 83.9 Å². The molecule has 9 atom stereocenters. The molecule has 0 fully saturated rings. The number of rotatable bonds is 49.